The van der Waals surface area contributed by atoms with Crippen LogP contribution in [0.4, 0.5) is 0 Å². The van der Waals surface area contributed by atoms with Gasteiger partial charge in [-0.15, -0.1) is 0 Å². The van der Waals surface area contributed by atoms with Gasteiger partial charge in [-0.2, -0.15) is 0 Å². The fourth-order valence-electron chi connectivity index (χ4n) is 3.68. The van der Waals surface area contributed by atoms with Gasteiger partial charge < -0.3 is 9.84 Å². The molecule has 4 rings (SSSR count). The maximum absolute atomic E-state index is 13.6. The first-order valence-electron chi connectivity index (χ1n) is 10.2. The number of halogens is 2. The van der Waals surface area contributed by atoms with Crippen LogP contribution in [0.5, 0.6) is 5.75 Å². The number of benzene rings is 2. The number of fused-ring (bicyclic) bond motifs is 1. The van der Waals surface area contributed by atoms with E-state index in [1.807, 2.05) is 53.8 Å². The number of nitrogens with zero attached hydrogens (tertiary/aromatic N) is 2. The summed E-state index contributed by atoms with van der Waals surface area (Å²) in [6.07, 6.45) is 1.77. The minimum Gasteiger partial charge on any atom is -0.506 e. The molecule has 33 heavy (non-hydrogen) atoms. The molecule has 0 saturated heterocycles. The van der Waals surface area contributed by atoms with E-state index in [1.54, 1.807) is 36.6 Å². The lowest BCUT2D eigenvalue weighted by Gasteiger charge is -2.24. The van der Waals surface area contributed by atoms with Crippen LogP contribution in [0.1, 0.15) is 36.6 Å². The number of ether oxygens (including phenoxy) is 1. The number of hydrogen-bond acceptors (Lipinski definition) is 6. The van der Waals surface area contributed by atoms with Crippen molar-refractivity contribution in [2.45, 2.75) is 26.8 Å². The molecule has 170 valence electrons. The number of aromatic nitrogens is 1. The van der Waals surface area contributed by atoms with Crippen LogP contribution in [0, 0.1) is 10.5 Å². The van der Waals surface area contributed by atoms with Gasteiger partial charge in [0.1, 0.15) is 5.75 Å². The fourth-order valence-corrected chi connectivity index (χ4v) is 6.22. The Morgan fingerprint density at radius 2 is 2.00 bits per heavy atom. The van der Waals surface area contributed by atoms with Crippen LogP contribution in [-0.2, 0) is 9.53 Å². The number of aromatic hydroxyl groups is 1. The Bertz CT molecular complexity index is 1450. The first-order chi connectivity index (χ1) is 15.7. The van der Waals surface area contributed by atoms with Crippen LogP contribution in [0.25, 0.3) is 6.08 Å². The third-order valence-electron chi connectivity index (χ3n) is 5.25. The van der Waals surface area contributed by atoms with Gasteiger partial charge in [-0.25, -0.2) is 9.79 Å². The minimum absolute atomic E-state index is 0.156. The first-order valence-corrected chi connectivity index (χ1v) is 12.8. The van der Waals surface area contributed by atoms with Crippen molar-refractivity contribution in [3.8, 4) is 5.75 Å². The second kappa shape index (κ2) is 9.55. The summed E-state index contributed by atoms with van der Waals surface area (Å²) in [5.41, 5.74) is 3.32. The number of rotatable bonds is 4. The van der Waals surface area contributed by atoms with Gasteiger partial charge in [0.2, 0.25) is 0 Å². The largest absolute Gasteiger partial charge is 0.506 e. The van der Waals surface area contributed by atoms with Crippen LogP contribution in [0.15, 0.2) is 61.9 Å². The lowest BCUT2D eigenvalue weighted by molar-refractivity contribution is -0.139. The molecule has 1 aliphatic heterocycles. The van der Waals surface area contributed by atoms with Crippen LogP contribution in [0.3, 0.4) is 0 Å². The number of phenolic OH excluding ortho intramolecular Hbond substituents is 1. The van der Waals surface area contributed by atoms with Crippen LogP contribution >= 0.6 is 49.9 Å². The standard InChI is InChI=1S/C24H20BrIN2O4S/c1-4-32-23(31)19-13(3)27-24-28(20(19)15-7-5-12(2)6-8-15)22(30)18(33-24)11-14-9-16(25)21(29)17(26)10-14/h5-11,20,29H,4H2,1-3H3/b18-11+/t20-/m0/s1. The third kappa shape index (κ3) is 4.58. The number of hydrogen-bond donors (Lipinski definition) is 1. The Labute approximate surface area is 216 Å². The quantitative estimate of drug-likeness (QED) is 0.344. The Balaban J connectivity index is 1.96. The average Bonchev–Trinajstić information content (AvgIpc) is 3.06. The second-order valence-corrected chi connectivity index (χ2v) is 10.6. The molecule has 1 aromatic heterocycles. The van der Waals surface area contributed by atoms with Crippen LogP contribution in [-0.4, -0.2) is 22.2 Å². The fraction of sp³-hybridized carbons (Fsp3) is 0.208. The average molecular weight is 639 g/mol. The molecule has 1 atom stereocenters. The van der Waals surface area contributed by atoms with E-state index in [0.717, 1.165) is 16.7 Å². The summed E-state index contributed by atoms with van der Waals surface area (Å²) in [6.45, 7) is 5.74. The summed E-state index contributed by atoms with van der Waals surface area (Å²) in [5.74, 6) is -0.320. The number of aryl methyl sites for hydroxylation is 1. The van der Waals surface area contributed by atoms with E-state index in [4.69, 9.17) is 4.74 Å². The monoisotopic (exact) mass is 638 g/mol. The Kier molecular flexibility index (Phi) is 6.92. The molecule has 0 radical (unpaired) electrons. The zero-order valence-electron chi connectivity index (χ0n) is 18.1. The van der Waals surface area contributed by atoms with Crippen molar-refractivity contribution in [1.82, 2.24) is 4.57 Å². The van der Waals surface area contributed by atoms with Gasteiger partial charge in [0.05, 0.1) is 36.5 Å². The van der Waals surface area contributed by atoms with Gasteiger partial charge in [0.25, 0.3) is 5.56 Å². The lowest BCUT2D eigenvalue weighted by atomic mass is 9.95. The number of phenols is 1. The molecule has 0 amide bonds. The molecule has 0 unspecified atom stereocenters. The van der Waals surface area contributed by atoms with Crippen LogP contribution < -0.4 is 14.9 Å². The molecule has 2 aromatic carbocycles. The molecule has 0 bridgehead atoms. The van der Waals surface area contributed by atoms with Crippen molar-refractivity contribution in [3.05, 3.63) is 92.1 Å². The maximum atomic E-state index is 13.6. The van der Waals surface area contributed by atoms with Crippen molar-refractivity contribution in [3.63, 3.8) is 0 Å². The highest BCUT2D eigenvalue weighted by molar-refractivity contribution is 14.1. The van der Waals surface area contributed by atoms with Gasteiger partial charge in [-0.3, -0.25) is 9.36 Å². The molecule has 0 aliphatic carbocycles. The smallest absolute Gasteiger partial charge is 0.338 e. The first kappa shape index (κ1) is 23.9. The zero-order valence-corrected chi connectivity index (χ0v) is 22.6. The van der Waals surface area contributed by atoms with E-state index in [-0.39, 0.29) is 17.9 Å². The van der Waals surface area contributed by atoms with Gasteiger partial charge in [0.15, 0.2) is 4.80 Å². The zero-order chi connectivity index (χ0) is 23.9. The molecule has 0 spiro atoms. The summed E-state index contributed by atoms with van der Waals surface area (Å²) >= 11 is 6.65. The number of carbonyl (C=O) groups excluding carboxylic acids is 1. The number of esters is 1. The summed E-state index contributed by atoms with van der Waals surface area (Å²) in [7, 11) is 0. The molecule has 3 aromatic rings. The van der Waals surface area contributed by atoms with E-state index in [9.17, 15) is 14.7 Å². The van der Waals surface area contributed by atoms with Crippen molar-refractivity contribution >= 4 is 61.9 Å². The summed E-state index contributed by atoms with van der Waals surface area (Å²) in [5, 5.41) is 10.0. The van der Waals surface area contributed by atoms with Gasteiger partial charge >= 0.3 is 5.97 Å². The van der Waals surface area contributed by atoms with Crippen molar-refractivity contribution in [2.75, 3.05) is 6.61 Å². The predicted octanol–water partition coefficient (Wildman–Crippen LogP) is 4.18. The third-order valence-corrected chi connectivity index (χ3v) is 7.66. The molecule has 6 nitrogen and oxygen atoms in total. The number of allylic oxidation sites excluding steroid dienone is 1. The molecule has 2 heterocycles. The Morgan fingerprint density at radius 3 is 2.64 bits per heavy atom. The van der Waals surface area contributed by atoms with E-state index in [1.165, 1.54) is 11.3 Å². The Hall–Kier alpha value is -2.24. The summed E-state index contributed by atoms with van der Waals surface area (Å²) in [6, 6.07) is 10.7. The molecular formula is C24H20BrIN2O4S. The summed E-state index contributed by atoms with van der Waals surface area (Å²) < 4.78 is 8.58. The maximum Gasteiger partial charge on any atom is 0.338 e. The van der Waals surface area contributed by atoms with Crippen molar-refractivity contribution in [1.29, 1.82) is 0 Å². The van der Waals surface area contributed by atoms with Gasteiger partial charge in [-0.1, -0.05) is 41.2 Å². The molecular weight excluding hydrogens is 619 g/mol. The second-order valence-electron chi connectivity index (χ2n) is 7.55. The molecule has 0 saturated carbocycles. The number of carbonyl (C=O) groups is 1. The molecule has 1 aliphatic rings. The van der Waals surface area contributed by atoms with E-state index < -0.39 is 12.0 Å². The normalized spacial score (nSPS) is 15.9. The molecule has 1 N–H and O–H groups in total. The van der Waals surface area contributed by atoms with E-state index in [2.05, 4.69) is 20.9 Å². The molecule has 9 heteroatoms. The highest BCUT2D eigenvalue weighted by atomic mass is 127. The van der Waals surface area contributed by atoms with Crippen molar-refractivity contribution in [2.24, 2.45) is 4.99 Å². The highest BCUT2D eigenvalue weighted by Gasteiger charge is 2.33. The van der Waals surface area contributed by atoms with Crippen molar-refractivity contribution < 1.29 is 14.6 Å². The van der Waals surface area contributed by atoms with Gasteiger partial charge in [-0.05, 0) is 88.6 Å². The topological polar surface area (TPSA) is 80.9 Å². The Morgan fingerprint density at radius 1 is 1.30 bits per heavy atom. The van der Waals surface area contributed by atoms with Crippen LogP contribution in [0.2, 0.25) is 0 Å². The molecule has 0 fully saturated rings. The highest BCUT2D eigenvalue weighted by Crippen LogP contribution is 2.32. The SMILES string of the molecule is CCOC(=O)C1=C(C)N=c2s/c(=C/c3cc(Br)c(O)c(I)c3)c(=O)n2[C@H]1c1ccc(C)cc1. The minimum atomic E-state index is -0.630. The summed E-state index contributed by atoms with van der Waals surface area (Å²) in [4.78, 5) is 31.6. The number of thiazole rings is 1. The van der Waals surface area contributed by atoms with E-state index in [0.29, 0.717) is 28.6 Å². The van der Waals surface area contributed by atoms with E-state index >= 15 is 0 Å². The predicted molar refractivity (Wildman–Crippen MR) is 140 cm³/mol. The van der Waals surface area contributed by atoms with Gasteiger partial charge in [0, 0.05) is 0 Å². The lowest BCUT2D eigenvalue weighted by Crippen LogP contribution is -2.39.